The molecular weight excluding hydrogens is 196 g/mol. The number of nitrogens with two attached hydrogens (primary N) is 1. The summed E-state index contributed by atoms with van der Waals surface area (Å²) in [5, 5.41) is 8.69. The van der Waals surface area contributed by atoms with Crippen LogP contribution in [0.25, 0.3) is 0 Å². The molecule has 0 aliphatic heterocycles. The molecule has 5 heteroatoms. The number of carbonyl (C=O) groups is 1. The van der Waals surface area contributed by atoms with Crippen molar-refractivity contribution in [2.75, 3.05) is 20.0 Å². The molecule has 0 radical (unpaired) electrons. The van der Waals surface area contributed by atoms with Crippen molar-refractivity contribution in [3.8, 4) is 11.8 Å². The van der Waals surface area contributed by atoms with Gasteiger partial charge in [0, 0.05) is 0 Å². The maximum absolute atomic E-state index is 11.3. The van der Waals surface area contributed by atoms with Crippen molar-refractivity contribution in [2.45, 2.75) is 0 Å². The summed E-state index contributed by atoms with van der Waals surface area (Å²) < 4.78 is 9.51. The van der Waals surface area contributed by atoms with Crippen molar-refractivity contribution in [2.24, 2.45) is 0 Å². The zero-order chi connectivity index (χ0) is 11.4. The van der Waals surface area contributed by atoms with Gasteiger partial charge in [-0.1, -0.05) is 0 Å². The summed E-state index contributed by atoms with van der Waals surface area (Å²) >= 11 is 0. The zero-order valence-corrected chi connectivity index (χ0v) is 8.40. The van der Waals surface area contributed by atoms with E-state index in [0.29, 0.717) is 5.56 Å². The minimum absolute atomic E-state index is 0.138. The highest BCUT2D eigenvalue weighted by molar-refractivity contribution is 5.98. The van der Waals surface area contributed by atoms with Crippen LogP contribution < -0.4 is 10.5 Å². The average Bonchev–Trinajstić information content (AvgIpc) is 2.26. The molecule has 15 heavy (non-hydrogen) atoms. The largest absolute Gasteiger partial charge is 0.496 e. The van der Waals surface area contributed by atoms with Gasteiger partial charge in [-0.2, -0.15) is 5.26 Å². The molecule has 0 atom stereocenters. The first-order valence-corrected chi connectivity index (χ1v) is 4.10. The van der Waals surface area contributed by atoms with Crippen LogP contribution in [0.15, 0.2) is 12.1 Å². The van der Waals surface area contributed by atoms with Crippen LogP contribution in [-0.2, 0) is 4.74 Å². The number of methoxy groups -OCH3 is 2. The monoisotopic (exact) mass is 206 g/mol. The first kappa shape index (κ1) is 10.9. The third-order valence-corrected chi connectivity index (χ3v) is 1.87. The van der Waals surface area contributed by atoms with Crippen molar-refractivity contribution in [3.05, 3.63) is 23.3 Å². The number of hydrogen-bond acceptors (Lipinski definition) is 5. The fourth-order valence-electron chi connectivity index (χ4n) is 1.18. The lowest BCUT2D eigenvalue weighted by Crippen LogP contribution is -2.08. The highest BCUT2D eigenvalue weighted by atomic mass is 16.5. The summed E-state index contributed by atoms with van der Waals surface area (Å²) in [6.45, 7) is 0. The van der Waals surface area contributed by atoms with Gasteiger partial charge in [-0.25, -0.2) is 4.79 Å². The molecule has 0 aromatic heterocycles. The lowest BCUT2D eigenvalue weighted by molar-refractivity contribution is 0.0598. The predicted octanol–water partition coefficient (Wildman–Crippen LogP) is 0.936. The Morgan fingerprint density at radius 3 is 2.60 bits per heavy atom. The van der Waals surface area contributed by atoms with Gasteiger partial charge >= 0.3 is 5.97 Å². The van der Waals surface area contributed by atoms with Gasteiger partial charge in [0.05, 0.1) is 31.5 Å². The molecule has 0 unspecified atom stereocenters. The quantitative estimate of drug-likeness (QED) is 0.574. The Kier molecular flexibility index (Phi) is 3.13. The van der Waals surface area contributed by atoms with E-state index in [9.17, 15) is 4.79 Å². The molecule has 0 saturated carbocycles. The van der Waals surface area contributed by atoms with Gasteiger partial charge in [0.25, 0.3) is 0 Å². The minimum atomic E-state index is -0.589. The number of rotatable bonds is 2. The molecule has 0 fully saturated rings. The Bertz CT molecular complexity index is 435. The number of nitrogens with zero attached hydrogens (tertiary/aromatic N) is 1. The Morgan fingerprint density at radius 2 is 2.13 bits per heavy atom. The number of nitriles is 1. The second-order valence-corrected chi connectivity index (χ2v) is 2.75. The van der Waals surface area contributed by atoms with Crippen LogP contribution in [0, 0.1) is 11.3 Å². The Morgan fingerprint density at radius 1 is 1.47 bits per heavy atom. The fraction of sp³-hybridized carbons (Fsp3) is 0.200. The third-order valence-electron chi connectivity index (χ3n) is 1.87. The summed E-state index contributed by atoms with van der Waals surface area (Å²) in [5.74, 6) is -0.354. The molecule has 0 heterocycles. The molecular formula is C10H10N2O3. The number of anilines is 1. The van der Waals surface area contributed by atoms with Crippen LogP contribution in [0.2, 0.25) is 0 Å². The third kappa shape index (κ3) is 1.99. The van der Waals surface area contributed by atoms with Crippen molar-refractivity contribution in [3.63, 3.8) is 0 Å². The van der Waals surface area contributed by atoms with E-state index in [1.165, 1.54) is 26.4 Å². The second-order valence-electron chi connectivity index (χ2n) is 2.75. The normalized spacial score (nSPS) is 9.13. The molecule has 78 valence electrons. The molecule has 0 aliphatic carbocycles. The van der Waals surface area contributed by atoms with Gasteiger partial charge in [-0.3, -0.25) is 0 Å². The topological polar surface area (TPSA) is 85.3 Å². The first-order chi connectivity index (χ1) is 7.13. The smallest absolute Gasteiger partial charge is 0.343 e. The lowest BCUT2D eigenvalue weighted by Gasteiger charge is -2.09. The van der Waals surface area contributed by atoms with Crippen molar-refractivity contribution >= 4 is 11.7 Å². The van der Waals surface area contributed by atoms with E-state index in [2.05, 4.69) is 4.74 Å². The van der Waals surface area contributed by atoms with Crippen LogP contribution in [0.4, 0.5) is 5.69 Å². The maximum atomic E-state index is 11.3. The van der Waals surface area contributed by atoms with Gasteiger partial charge in [-0.15, -0.1) is 0 Å². The summed E-state index contributed by atoms with van der Waals surface area (Å²) in [7, 11) is 2.64. The molecule has 0 saturated heterocycles. The highest BCUT2D eigenvalue weighted by Gasteiger charge is 2.17. The number of carbonyl (C=O) groups excluding carboxylic acids is 1. The Balaban J connectivity index is 3.39. The molecule has 0 aliphatic rings. The second kappa shape index (κ2) is 4.33. The average molecular weight is 206 g/mol. The Hall–Kier alpha value is -2.22. The van der Waals surface area contributed by atoms with Crippen LogP contribution >= 0.6 is 0 Å². The molecule has 2 N–H and O–H groups in total. The molecule has 0 amide bonds. The van der Waals surface area contributed by atoms with Crippen LogP contribution in [-0.4, -0.2) is 20.2 Å². The van der Waals surface area contributed by atoms with E-state index in [1.54, 1.807) is 0 Å². The standard InChI is InChI=1S/C10H10N2O3/c1-14-8-4-6(5-11)3-7(12)9(8)10(13)15-2/h3-4H,12H2,1-2H3. The minimum Gasteiger partial charge on any atom is -0.496 e. The van der Waals surface area contributed by atoms with E-state index in [1.807, 2.05) is 6.07 Å². The molecule has 5 nitrogen and oxygen atoms in total. The molecule has 1 rings (SSSR count). The van der Waals surface area contributed by atoms with Gasteiger partial charge < -0.3 is 15.2 Å². The van der Waals surface area contributed by atoms with Crippen LogP contribution in [0.5, 0.6) is 5.75 Å². The van der Waals surface area contributed by atoms with E-state index in [-0.39, 0.29) is 17.0 Å². The predicted molar refractivity (Wildman–Crippen MR) is 53.5 cm³/mol. The van der Waals surface area contributed by atoms with Crippen LogP contribution in [0.3, 0.4) is 0 Å². The van der Waals surface area contributed by atoms with E-state index >= 15 is 0 Å². The number of nitrogen functional groups attached to an aromatic ring is 1. The molecule has 0 bridgehead atoms. The van der Waals surface area contributed by atoms with Crippen LogP contribution in [0.1, 0.15) is 15.9 Å². The van der Waals surface area contributed by atoms with Crippen molar-refractivity contribution < 1.29 is 14.3 Å². The summed E-state index contributed by atoms with van der Waals surface area (Å²) in [5.41, 5.74) is 6.25. The van der Waals surface area contributed by atoms with Gasteiger partial charge in [-0.05, 0) is 12.1 Å². The maximum Gasteiger partial charge on any atom is 0.343 e. The molecule has 1 aromatic rings. The number of hydrogen-bond donors (Lipinski definition) is 1. The summed E-state index contributed by atoms with van der Waals surface area (Å²) in [6, 6.07) is 4.75. The SMILES string of the molecule is COC(=O)c1c(N)cc(C#N)cc1OC. The van der Waals surface area contributed by atoms with Gasteiger partial charge in [0.2, 0.25) is 0 Å². The number of esters is 1. The highest BCUT2D eigenvalue weighted by Crippen LogP contribution is 2.26. The molecule has 1 aromatic carbocycles. The van der Waals surface area contributed by atoms with E-state index in [4.69, 9.17) is 15.7 Å². The first-order valence-electron chi connectivity index (χ1n) is 4.10. The van der Waals surface area contributed by atoms with Crippen molar-refractivity contribution in [1.82, 2.24) is 0 Å². The number of benzene rings is 1. The fourth-order valence-corrected chi connectivity index (χ4v) is 1.18. The zero-order valence-electron chi connectivity index (χ0n) is 8.40. The van der Waals surface area contributed by atoms with E-state index in [0.717, 1.165) is 0 Å². The van der Waals surface area contributed by atoms with E-state index < -0.39 is 5.97 Å². The van der Waals surface area contributed by atoms with Gasteiger partial charge in [0.15, 0.2) is 0 Å². The summed E-state index contributed by atoms with van der Waals surface area (Å²) in [6.07, 6.45) is 0. The lowest BCUT2D eigenvalue weighted by atomic mass is 10.1. The number of ether oxygens (including phenoxy) is 2. The van der Waals surface area contributed by atoms with Gasteiger partial charge in [0.1, 0.15) is 11.3 Å². The Labute approximate surface area is 87.0 Å². The van der Waals surface area contributed by atoms with Crippen molar-refractivity contribution in [1.29, 1.82) is 5.26 Å². The summed E-state index contributed by atoms with van der Waals surface area (Å²) in [4.78, 5) is 11.3. The molecule has 0 spiro atoms.